The van der Waals surface area contributed by atoms with Crippen molar-refractivity contribution in [3.8, 4) is 0 Å². The van der Waals surface area contributed by atoms with E-state index in [2.05, 4.69) is 10.6 Å². The van der Waals surface area contributed by atoms with E-state index < -0.39 is 0 Å². The SMILES string of the molecule is COCCNCCNC(=O)c1ccc(Cl)cc1C. The maximum absolute atomic E-state index is 11.9. The van der Waals surface area contributed by atoms with Gasteiger partial charge in [-0.05, 0) is 30.7 Å². The fourth-order valence-corrected chi connectivity index (χ4v) is 1.77. The molecule has 0 aliphatic rings. The van der Waals surface area contributed by atoms with E-state index in [1.165, 1.54) is 0 Å². The number of methoxy groups -OCH3 is 1. The van der Waals surface area contributed by atoms with Gasteiger partial charge in [0.2, 0.25) is 0 Å². The summed E-state index contributed by atoms with van der Waals surface area (Å²) in [5.74, 6) is -0.0716. The third-order valence-electron chi connectivity index (χ3n) is 2.50. The van der Waals surface area contributed by atoms with Crippen LogP contribution in [0.25, 0.3) is 0 Å². The third-order valence-corrected chi connectivity index (χ3v) is 2.74. The van der Waals surface area contributed by atoms with Crippen LogP contribution >= 0.6 is 11.6 Å². The fourth-order valence-electron chi connectivity index (χ4n) is 1.54. The number of hydrogen-bond acceptors (Lipinski definition) is 3. The van der Waals surface area contributed by atoms with Crippen molar-refractivity contribution >= 4 is 17.5 Å². The molecule has 0 aliphatic carbocycles. The Morgan fingerprint density at radius 2 is 2.11 bits per heavy atom. The van der Waals surface area contributed by atoms with Crippen LogP contribution in [0.1, 0.15) is 15.9 Å². The molecule has 0 fully saturated rings. The van der Waals surface area contributed by atoms with Crippen molar-refractivity contribution in [1.82, 2.24) is 10.6 Å². The zero-order valence-electron chi connectivity index (χ0n) is 10.8. The van der Waals surface area contributed by atoms with Gasteiger partial charge in [0.15, 0.2) is 0 Å². The van der Waals surface area contributed by atoms with E-state index in [1.54, 1.807) is 25.3 Å². The molecule has 0 aromatic heterocycles. The van der Waals surface area contributed by atoms with E-state index >= 15 is 0 Å². The second kappa shape index (κ2) is 8.08. The van der Waals surface area contributed by atoms with Gasteiger partial charge >= 0.3 is 0 Å². The highest BCUT2D eigenvalue weighted by Gasteiger charge is 2.07. The highest BCUT2D eigenvalue weighted by atomic mass is 35.5. The lowest BCUT2D eigenvalue weighted by Gasteiger charge is -2.08. The van der Waals surface area contributed by atoms with E-state index in [4.69, 9.17) is 16.3 Å². The summed E-state index contributed by atoms with van der Waals surface area (Å²) in [6, 6.07) is 5.25. The zero-order chi connectivity index (χ0) is 13.4. The molecular weight excluding hydrogens is 252 g/mol. The summed E-state index contributed by atoms with van der Waals surface area (Å²) in [7, 11) is 1.66. The molecule has 1 aromatic rings. The normalized spacial score (nSPS) is 10.4. The first-order chi connectivity index (χ1) is 8.65. The van der Waals surface area contributed by atoms with E-state index in [0.29, 0.717) is 23.7 Å². The lowest BCUT2D eigenvalue weighted by molar-refractivity contribution is 0.0953. The van der Waals surface area contributed by atoms with Crippen molar-refractivity contribution in [2.75, 3.05) is 33.4 Å². The molecule has 0 saturated carbocycles. The number of carbonyl (C=O) groups is 1. The molecule has 2 N–H and O–H groups in total. The van der Waals surface area contributed by atoms with Crippen LogP contribution in [0, 0.1) is 6.92 Å². The van der Waals surface area contributed by atoms with Gasteiger partial charge in [0.25, 0.3) is 5.91 Å². The summed E-state index contributed by atoms with van der Waals surface area (Å²) in [5.41, 5.74) is 1.55. The van der Waals surface area contributed by atoms with Gasteiger partial charge in [-0.25, -0.2) is 0 Å². The van der Waals surface area contributed by atoms with Gasteiger partial charge in [-0.2, -0.15) is 0 Å². The molecule has 4 nitrogen and oxygen atoms in total. The lowest BCUT2D eigenvalue weighted by atomic mass is 10.1. The highest BCUT2D eigenvalue weighted by Crippen LogP contribution is 2.14. The van der Waals surface area contributed by atoms with Crippen molar-refractivity contribution in [2.24, 2.45) is 0 Å². The highest BCUT2D eigenvalue weighted by molar-refractivity contribution is 6.30. The second-order valence-electron chi connectivity index (χ2n) is 3.96. The number of amides is 1. The van der Waals surface area contributed by atoms with Gasteiger partial charge in [-0.15, -0.1) is 0 Å². The molecule has 100 valence electrons. The van der Waals surface area contributed by atoms with Crippen LogP contribution in [0.15, 0.2) is 18.2 Å². The summed E-state index contributed by atoms with van der Waals surface area (Å²) in [5, 5.41) is 6.65. The van der Waals surface area contributed by atoms with Crippen molar-refractivity contribution in [2.45, 2.75) is 6.92 Å². The molecule has 18 heavy (non-hydrogen) atoms. The molecule has 0 atom stereocenters. The van der Waals surface area contributed by atoms with Gasteiger partial charge in [-0.1, -0.05) is 11.6 Å². The lowest BCUT2D eigenvalue weighted by Crippen LogP contribution is -2.33. The van der Waals surface area contributed by atoms with Gasteiger partial charge in [0.1, 0.15) is 0 Å². The molecule has 0 radical (unpaired) electrons. The minimum atomic E-state index is -0.0716. The fraction of sp³-hybridized carbons (Fsp3) is 0.462. The van der Waals surface area contributed by atoms with Crippen LogP contribution in [-0.2, 0) is 4.74 Å². The third kappa shape index (κ3) is 5.04. The minimum Gasteiger partial charge on any atom is -0.383 e. The van der Waals surface area contributed by atoms with Gasteiger partial charge in [0, 0.05) is 37.3 Å². The van der Waals surface area contributed by atoms with Crippen molar-refractivity contribution < 1.29 is 9.53 Å². The number of aryl methyl sites for hydroxylation is 1. The van der Waals surface area contributed by atoms with Crippen molar-refractivity contribution in [3.05, 3.63) is 34.3 Å². The van der Waals surface area contributed by atoms with Gasteiger partial charge in [-0.3, -0.25) is 4.79 Å². The predicted molar refractivity (Wildman–Crippen MR) is 73.3 cm³/mol. The monoisotopic (exact) mass is 270 g/mol. The van der Waals surface area contributed by atoms with E-state index in [9.17, 15) is 4.79 Å². The number of rotatable bonds is 7. The summed E-state index contributed by atoms with van der Waals surface area (Å²) in [6.07, 6.45) is 0. The first kappa shape index (κ1) is 15.0. The molecule has 0 aliphatic heterocycles. The summed E-state index contributed by atoms with van der Waals surface area (Å²) < 4.78 is 4.90. The second-order valence-corrected chi connectivity index (χ2v) is 4.39. The smallest absolute Gasteiger partial charge is 0.251 e. The quantitative estimate of drug-likeness (QED) is 0.740. The molecule has 1 rings (SSSR count). The Morgan fingerprint density at radius 1 is 1.33 bits per heavy atom. The predicted octanol–water partition coefficient (Wildman–Crippen LogP) is 1.61. The number of carbonyl (C=O) groups excluding carboxylic acids is 1. The van der Waals surface area contributed by atoms with Crippen LogP contribution in [-0.4, -0.2) is 39.3 Å². The molecule has 0 heterocycles. The van der Waals surface area contributed by atoms with Crippen LogP contribution in [0.4, 0.5) is 0 Å². The Hall–Kier alpha value is -1.10. The average molecular weight is 271 g/mol. The van der Waals surface area contributed by atoms with Crippen LogP contribution < -0.4 is 10.6 Å². The number of nitrogens with one attached hydrogen (secondary N) is 2. The maximum atomic E-state index is 11.9. The number of ether oxygens (including phenoxy) is 1. The number of benzene rings is 1. The molecule has 0 bridgehead atoms. The van der Waals surface area contributed by atoms with E-state index in [0.717, 1.165) is 18.7 Å². The van der Waals surface area contributed by atoms with Gasteiger partial charge < -0.3 is 15.4 Å². The van der Waals surface area contributed by atoms with E-state index in [-0.39, 0.29) is 5.91 Å². The van der Waals surface area contributed by atoms with Crippen molar-refractivity contribution in [3.63, 3.8) is 0 Å². The maximum Gasteiger partial charge on any atom is 0.251 e. The topological polar surface area (TPSA) is 50.4 Å². The van der Waals surface area contributed by atoms with Crippen molar-refractivity contribution in [1.29, 1.82) is 0 Å². The van der Waals surface area contributed by atoms with Gasteiger partial charge in [0.05, 0.1) is 6.61 Å². The molecule has 0 spiro atoms. The molecule has 0 saturated heterocycles. The Kier molecular flexibility index (Phi) is 6.72. The molecule has 1 aromatic carbocycles. The van der Waals surface area contributed by atoms with Crippen LogP contribution in [0.3, 0.4) is 0 Å². The van der Waals surface area contributed by atoms with Crippen LogP contribution in [0.2, 0.25) is 5.02 Å². The molecule has 1 amide bonds. The largest absolute Gasteiger partial charge is 0.383 e. The Morgan fingerprint density at radius 3 is 2.78 bits per heavy atom. The first-order valence-corrected chi connectivity index (χ1v) is 6.27. The standard InChI is InChI=1S/C13H19ClN2O2/c1-10-9-11(14)3-4-12(10)13(17)16-6-5-15-7-8-18-2/h3-4,9,15H,5-8H2,1-2H3,(H,16,17). The Bertz CT molecular complexity index is 397. The minimum absolute atomic E-state index is 0.0716. The molecular formula is C13H19ClN2O2. The first-order valence-electron chi connectivity index (χ1n) is 5.89. The summed E-state index contributed by atoms with van der Waals surface area (Å²) in [4.78, 5) is 11.9. The zero-order valence-corrected chi connectivity index (χ0v) is 11.5. The summed E-state index contributed by atoms with van der Waals surface area (Å²) in [6.45, 7) is 4.64. The molecule has 0 unspecified atom stereocenters. The Balaban J connectivity index is 2.32. The van der Waals surface area contributed by atoms with Crippen LogP contribution in [0.5, 0.6) is 0 Å². The Labute approximate surface area is 113 Å². The molecule has 5 heteroatoms. The number of hydrogen-bond donors (Lipinski definition) is 2. The average Bonchev–Trinajstić information content (AvgIpc) is 2.33. The summed E-state index contributed by atoms with van der Waals surface area (Å²) >= 11 is 5.84. The van der Waals surface area contributed by atoms with E-state index in [1.807, 2.05) is 6.92 Å². The number of halogens is 1.